The molecule has 3 atom stereocenters. The Kier molecular flexibility index (Phi) is 5.62. The lowest BCUT2D eigenvalue weighted by atomic mass is 9.68. The normalized spacial score (nSPS) is 31.8. The molecule has 0 radical (unpaired) electrons. The smallest absolute Gasteiger partial charge is 0.100 e. The predicted octanol–water partition coefficient (Wildman–Crippen LogP) is 5.04. The van der Waals surface area contributed by atoms with Crippen LogP contribution in [0.25, 0.3) is 5.57 Å². The third-order valence-electron chi connectivity index (χ3n) is 5.72. The summed E-state index contributed by atoms with van der Waals surface area (Å²) in [4.78, 5) is 4.72. The maximum atomic E-state index is 10.3. The van der Waals surface area contributed by atoms with Crippen LogP contribution in [0.1, 0.15) is 64.6 Å². The molecule has 1 aromatic heterocycles. The highest BCUT2D eigenvalue weighted by atomic mass is 32.2. The number of ether oxygens (including phenoxy) is 1. The Morgan fingerprint density at radius 3 is 2.80 bits per heavy atom. The number of nitrogens with zero attached hydrogens (tertiary/aromatic N) is 1. The molecular weight excluding hydrogens is 330 g/mol. The van der Waals surface area contributed by atoms with E-state index in [2.05, 4.69) is 39.0 Å². The molecule has 1 aliphatic carbocycles. The molecular formula is C21H31NO2S. The molecule has 25 heavy (non-hydrogen) atoms. The van der Waals surface area contributed by atoms with Gasteiger partial charge in [-0.3, -0.25) is 4.98 Å². The molecule has 0 amide bonds. The summed E-state index contributed by atoms with van der Waals surface area (Å²) in [6.07, 6.45) is 8.62. The van der Waals surface area contributed by atoms with Gasteiger partial charge in [-0.15, -0.1) is 11.8 Å². The largest absolute Gasteiger partial charge is 0.382 e. The van der Waals surface area contributed by atoms with E-state index < -0.39 is 0 Å². The fraction of sp³-hybridized carbons (Fsp3) is 0.667. The van der Waals surface area contributed by atoms with Crippen LogP contribution in [-0.2, 0) is 11.3 Å². The van der Waals surface area contributed by atoms with Gasteiger partial charge in [0.2, 0.25) is 0 Å². The molecule has 3 nitrogen and oxygen atoms in total. The zero-order chi connectivity index (χ0) is 18.1. The molecule has 138 valence electrons. The summed E-state index contributed by atoms with van der Waals surface area (Å²) < 4.78 is 5.57. The van der Waals surface area contributed by atoms with Crippen molar-refractivity contribution in [3.63, 3.8) is 0 Å². The Balaban J connectivity index is 1.88. The molecule has 4 heteroatoms. The maximum Gasteiger partial charge on any atom is 0.100 e. The van der Waals surface area contributed by atoms with E-state index in [-0.39, 0.29) is 15.6 Å². The predicted molar refractivity (Wildman–Crippen MR) is 105 cm³/mol. The van der Waals surface area contributed by atoms with Crippen LogP contribution in [0, 0.1) is 11.3 Å². The Bertz CT molecular complexity index is 625. The second-order valence-electron chi connectivity index (χ2n) is 8.29. The Morgan fingerprint density at radius 2 is 2.12 bits per heavy atom. The van der Waals surface area contributed by atoms with Crippen LogP contribution in [0.5, 0.6) is 0 Å². The molecule has 3 rings (SSSR count). The Hall–Kier alpha value is -0.840. The van der Waals surface area contributed by atoms with Crippen LogP contribution in [0.2, 0.25) is 0 Å². The van der Waals surface area contributed by atoms with Crippen molar-refractivity contribution in [2.24, 2.45) is 11.3 Å². The number of thioether (sulfide) groups is 1. The summed E-state index contributed by atoms with van der Waals surface area (Å²) in [5, 5.41) is 10.3. The fourth-order valence-electron chi connectivity index (χ4n) is 4.49. The number of hydrogen-bond donors (Lipinski definition) is 1. The number of rotatable bonds is 4. The summed E-state index contributed by atoms with van der Waals surface area (Å²) in [6, 6.07) is 4.27. The van der Waals surface area contributed by atoms with Crippen molar-refractivity contribution in [3.05, 3.63) is 35.7 Å². The van der Waals surface area contributed by atoms with E-state index in [1.807, 2.05) is 13.1 Å². The molecule has 1 fully saturated rings. The van der Waals surface area contributed by atoms with Gasteiger partial charge in [-0.05, 0) is 68.1 Å². The van der Waals surface area contributed by atoms with Crippen molar-refractivity contribution in [2.45, 2.75) is 70.2 Å². The van der Waals surface area contributed by atoms with E-state index in [1.165, 1.54) is 5.57 Å². The number of pyridine rings is 1. The molecule has 1 N–H and O–H groups in total. The van der Waals surface area contributed by atoms with Gasteiger partial charge in [0.15, 0.2) is 0 Å². The monoisotopic (exact) mass is 361 g/mol. The van der Waals surface area contributed by atoms with Crippen LogP contribution in [0.15, 0.2) is 24.4 Å². The zero-order valence-corrected chi connectivity index (χ0v) is 16.7. The topological polar surface area (TPSA) is 42.4 Å². The van der Waals surface area contributed by atoms with Gasteiger partial charge in [-0.2, -0.15) is 0 Å². The highest BCUT2D eigenvalue weighted by molar-refractivity contribution is 8.01. The van der Waals surface area contributed by atoms with Gasteiger partial charge in [0, 0.05) is 17.6 Å². The lowest BCUT2D eigenvalue weighted by molar-refractivity contribution is 0.109. The van der Waals surface area contributed by atoms with E-state index >= 15 is 0 Å². The van der Waals surface area contributed by atoms with E-state index in [0.717, 1.165) is 43.5 Å². The summed E-state index contributed by atoms with van der Waals surface area (Å²) in [5.41, 5.74) is 3.44. The van der Waals surface area contributed by atoms with Crippen LogP contribution in [0.3, 0.4) is 0 Å². The summed E-state index contributed by atoms with van der Waals surface area (Å²) in [7, 11) is 0. The highest BCUT2D eigenvalue weighted by Crippen LogP contribution is 2.57. The summed E-state index contributed by atoms with van der Waals surface area (Å²) >= 11 is 1.77. The second kappa shape index (κ2) is 7.42. The lowest BCUT2D eigenvalue weighted by Crippen LogP contribution is -2.46. The van der Waals surface area contributed by atoms with Gasteiger partial charge >= 0.3 is 0 Å². The van der Waals surface area contributed by atoms with Gasteiger partial charge in [0.05, 0.1) is 12.3 Å². The van der Waals surface area contributed by atoms with Gasteiger partial charge in [-0.25, -0.2) is 0 Å². The van der Waals surface area contributed by atoms with Gasteiger partial charge < -0.3 is 9.84 Å². The standard InChI is InChI=1S/C21H31NO2S/c1-5-24-14-15-8-9-17(22-13-15)16-7-6-10-21(4)18(11-16)20(2,3)12-19(23)25-21/h8-9,11,13,18-19,23H,5-7,10,12,14H2,1-4H3. The van der Waals surface area contributed by atoms with Crippen LogP contribution >= 0.6 is 11.8 Å². The van der Waals surface area contributed by atoms with E-state index in [9.17, 15) is 5.11 Å². The van der Waals surface area contributed by atoms with Crippen molar-refractivity contribution in [1.29, 1.82) is 0 Å². The maximum absolute atomic E-state index is 10.3. The molecule has 0 spiro atoms. The van der Waals surface area contributed by atoms with Gasteiger partial charge in [0.1, 0.15) is 5.44 Å². The number of aromatic nitrogens is 1. The number of aliphatic hydroxyl groups excluding tert-OH is 1. The first kappa shape index (κ1) is 18.9. The van der Waals surface area contributed by atoms with Gasteiger partial charge in [-0.1, -0.05) is 26.0 Å². The molecule has 1 aliphatic heterocycles. The molecule has 0 bridgehead atoms. The second-order valence-corrected chi connectivity index (χ2v) is 10.0. The lowest BCUT2D eigenvalue weighted by Gasteiger charge is -2.50. The first-order valence-electron chi connectivity index (χ1n) is 9.44. The molecule has 2 aliphatic rings. The quantitative estimate of drug-likeness (QED) is 0.815. The summed E-state index contributed by atoms with van der Waals surface area (Å²) in [6.45, 7) is 10.3. The van der Waals surface area contributed by atoms with Crippen molar-refractivity contribution in [2.75, 3.05) is 6.61 Å². The minimum Gasteiger partial charge on any atom is -0.382 e. The number of hydrogen-bond acceptors (Lipinski definition) is 4. The Labute approximate surface area is 156 Å². The first-order chi connectivity index (χ1) is 11.8. The zero-order valence-electron chi connectivity index (χ0n) is 15.9. The Morgan fingerprint density at radius 1 is 1.32 bits per heavy atom. The molecule has 1 saturated heterocycles. The van der Waals surface area contributed by atoms with Crippen molar-refractivity contribution >= 4 is 17.3 Å². The van der Waals surface area contributed by atoms with E-state index in [1.54, 1.807) is 11.8 Å². The van der Waals surface area contributed by atoms with Crippen molar-refractivity contribution < 1.29 is 9.84 Å². The fourth-order valence-corrected chi connectivity index (χ4v) is 6.42. The van der Waals surface area contributed by atoms with Crippen LogP contribution < -0.4 is 0 Å². The number of fused-ring (bicyclic) bond motifs is 1. The van der Waals surface area contributed by atoms with Crippen molar-refractivity contribution in [1.82, 2.24) is 4.98 Å². The molecule has 1 aromatic rings. The molecule has 3 unspecified atom stereocenters. The van der Waals surface area contributed by atoms with Crippen LogP contribution in [-0.4, -0.2) is 26.9 Å². The minimum atomic E-state index is -0.248. The minimum absolute atomic E-state index is 0.101. The molecule has 2 heterocycles. The van der Waals surface area contributed by atoms with Crippen LogP contribution in [0.4, 0.5) is 0 Å². The number of aliphatic hydroxyl groups is 1. The SMILES string of the molecule is CCOCc1ccc(C2=CC3C(C)(C)CC(O)SC3(C)CCC2)nc1. The van der Waals surface area contributed by atoms with Crippen molar-refractivity contribution in [3.8, 4) is 0 Å². The van der Waals surface area contributed by atoms with E-state index in [0.29, 0.717) is 12.5 Å². The third-order valence-corrected chi connectivity index (χ3v) is 7.15. The third kappa shape index (κ3) is 4.12. The first-order valence-corrected chi connectivity index (χ1v) is 10.3. The average molecular weight is 362 g/mol. The van der Waals surface area contributed by atoms with Gasteiger partial charge in [0.25, 0.3) is 0 Å². The summed E-state index contributed by atoms with van der Waals surface area (Å²) in [5.74, 6) is 0.454. The average Bonchev–Trinajstić information content (AvgIpc) is 2.72. The highest BCUT2D eigenvalue weighted by Gasteiger charge is 2.49. The number of allylic oxidation sites excluding steroid dienone is 2. The van der Waals surface area contributed by atoms with E-state index in [4.69, 9.17) is 9.72 Å². The molecule has 0 saturated carbocycles. The molecule has 0 aromatic carbocycles.